The van der Waals surface area contributed by atoms with Crippen LogP contribution in [0.15, 0.2) is 65.8 Å². The number of benzene rings is 2. The van der Waals surface area contributed by atoms with Crippen molar-refractivity contribution >= 4 is 27.3 Å². The Kier molecular flexibility index (Phi) is 5.86. The number of sulfonamides is 1. The highest BCUT2D eigenvalue weighted by atomic mass is 35.5. The van der Waals surface area contributed by atoms with Gasteiger partial charge < -0.3 is 4.74 Å². The van der Waals surface area contributed by atoms with E-state index in [1.807, 2.05) is 20.8 Å². The minimum atomic E-state index is -3.76. The number of nitrogens with one attached hydrogen (secondary N) is 1. The number of nitrogens with zero attached hydrogens (tertiary/aromatic N) is 4. The van der Waals surface area contributed by atoms with Gasteiger partial charge in [0.05, 0.1) is 10.6 Å². The molecule has 0 unspecified atom stereocenters. The number of ether oxygens (including phenoxy) is 1. The molecule has 0 radical (unpaired) electrons. The first-order valence-electron chi connectivity index (χ1n) is 9.64. The zero-order chi connectivity index (χ0) is 22.9. The molecule has 2 heterocycles. The number of hydrogen-bond donors (Lipinski definition) is 1. The van der Waals surface area contributed by atoms with Gasteiger partial charge in [-0.2, -0.15) is 5.10 Å². The number of aryl methyl sites for hydroxylation is 1. The molecule has 164 valence electrons. The fraction of sp³-hybridized carbons (Fsp3) is 0.136. The Bertz CT molecular complexity index is 1390. The fourth-order valence-electron chi connectivity index (χ4n) is 3.01. The van der Waals surface area contributed by atoms with E-state index in [9.17, 15) is 8.42 Å². The average molecular weight is 470 g/mol. The van der Waals surface area contributed by atoms with E-state index < -0.39 is 10.0 Å². The third-order valence-corrected chi connectivity index (χ3v) is 6.55. The second-order valence-electron chi connectivity index (χ2n) is 7.11. The Labute approximate surface area is 190 Å². The Morgan fingerprint density at radius 1 is 1.00 bits per heavy atom. The van der Waals surface area contributed by atoms with Crippen molar-refractivity contribution < 1.29 is 13.2 Å². The maximum atomic E-state index is 12.5. The summed E-state index contributed by atoms with van der Waals surface area (Å²) in [5.74, 6) is 1.42. The third kappa shape index (κ3) is 4.58. The molecule has 0 saturated heterocycles. The number of halogens is 1. The molecular formula is C22H20ClN5O3S. The van der Waals surface area contributed by atoms with Crippen LogP contribution in [0.2, 0.25) is 5.02 Å². The lowest BCUT2D eigenvalue weighted by molar-refractivity contribution is 0.460. The lowest BCUT2D eigenvalue weighted by atomic mass is 10.2. The molecule has 0 amide bonds. The van der Waals surface area contributed by atoms with Crippen molar-refractivity contribution in [3.8, 4) is 17.4 Å². The predicted molar refractivity (Wildman–Crippen MR) is 122 cm³/mol. The lowest BCUT2D eigenvalue weighted by Gasteiger charge is -2.10. The van der Waals surface area contributed by atoms with Crippen LogP contribution in [0, 0.1) is 20.8 Å². The largest absolute Gasteiger partial charge is 0.439 e. The standard InChI is InChI=1S/C22H20ClN5O3S/c1-14-15(2)26-28(16(14)3)21-12-22(25-13-24-21)31-19-9-7-18(8-10-19)27-32(29,30)20-6-4-5-17(23)11-20/h4-13,27H,1-3H3. The number of rotatable bonds is 6. The van der Waals surface area contributed by atoms with Crippen LogP contribution in [-0.4, -0.2) is 28.2 Å². The van der Waals surface area contributed by atoms with E-state index in [1.165, 1.54) is 18.5 Å². The van der Waals surface area contributed by atoms with Crippen LogP contribution in [0.1, 0.15) is 17.0 Å². The Hall–Kier alpha value is -3.43. The highest BCUT2D eigenvalue weighted by molar-refractivity contribution is 7.92. The Balaban J connectivity index is 1.50. The van der Waals surface area contributed by atoms with Gasteiger partial charge in [0, 0.05) is 22.5 Å². The second kappa shape index (κ2) is 8.60. The smallest absolute Gasteiger partial charge is 0.261 e. The van der Waals surface area contributed by atoms with Gasteiger partial charge in [-0.3, -0.25) is 4.72 Å². The van der Waals surface area contributed by atoms with Crippen LogP contribution in [0.5, 0.6) is 11.6 Å². The number of hydrogen-bond acceptors (Lipinski definition) is 6. The molecule has 4 aromatic rings. The molecule has 4 rings (SSSR count). The molecular weight excluding hydrogens is 450 g/mol. The molecule has 0 fully saturated rings. The van der Waals surface area contributed by atoms with Crippen molar-refractivity contribution in [2.75, 3.05) is 4.72 Å². The highest BCUT2D eigenvalue weighted by Gasteiger charge is 2.15. The van der Waals surface area contributed by atoms with Crippen LogP contribution in [0.4, 0.5) is 5.69 Å². The summed E-state index contributed by atoms with van der Waals surface area (Å²) in [6.45, 7) is 5.93. The zero-order valence-corrected chi connectivity index (χ0v) is 19.1. The topological polar surface area (TPSA) is 99.0 Å². The first kappa shape index (κ1) is 21.8. The summed E-state index contributed by atoms with van der Waals surface area (Å²) in [4.78, 5) is 8.51. The molecule has 1 N–H and O–H groups in total. The minimum Gasteiger partial charge on any atom is -0.439 e. The molecule has 0 bridgehead atoms. The molecule has 0 saturated carbocycles. The van der Waals surface area contributed by atoms with E-state index in [2.05, 4.69) is 19.8 Å². The van der Waals surface area contributed by atoms with Crippen LogP contribution in [0.25, 0.3) is 5.82 Å². The summed E-state index contributed by atoms with van der Waals surface area (Å²) in [6, 6.07) is 14.2. The van der Waals surface area contributed by atoms with Gasteiger partial charge in [0.1, 0.15) is 12.1 Å². The van der Waals surface area contributed by atoms with Gasteiger partial charge >= 0.3 is 0 Å². The third-order valence-electron chi connectivity index (χ3n) is 4.93. The van der Waals surface area contributed by atoms with E-state index in [4.69, 9.17) is 16.3 Å². The quantitative estimate of drug-likeness (QED) is 0.434. The van der Waals surface area contributed by atoms with Crippen molar-refractivity contribution in [2.45, 2.75) is 25.7 Å². The van der Waals surface area contributed by atoms with Gasteiger partial charge in [-0.05, 0) is 68.8 Å². The summed E-state index contributed by atoms with van der Waals surface area (Å²) in [6.07, 6.45) is 1.41. The molecule has 0 aliphatic rings. The molecule has 0 atom stereocenters. The zero-order valence-electron chi connectivity index (χ0n) is 17.6. The SMILES string of the molecule is Cc1nn(-c2cc(Oc3ccc(NS(=O)(=O)c4cccc(Cl)c4)cc3)ncn2)c(C)c1C. The van der Waals surface area contributed by atoms with Crippen molar-refractivity contribution in [3.05, 3.63) is 82.9 Å². The van der Waals surface area contributed by atoms with Crippen LogP contribution >= 0.6 is 11.6 Å². The van der Waals surface area contributed by atoms with Crippen LogP contribution < -0.4 is 9.46 Å². The summed E-state index contributed by atoms with van der Waals surface area (Å²) in [5, 5.41) is 4.85. The predicted octanol–water partition coefficient (Wildman–Crippen LogP) is 4.83. The van der Waals surface area contributed by atoms with Crippen molar-refractivity contribution in [3.63, 3.8) is 0 Å². The number of anilines is 1. The van der Waals surface area contributed by atoms with Gasteiger partial charge in [0.15, 0.2) is 5.82 Å². The molecule has 0 aliphatic heterocycles. The van der Waals surface area contributed by atoms with Gasteiger partial charge in [0.2, 0.25) is 5.88 Å². The number of aromatic nitrogens is 4. The molecule has 10 heteroatoms. The van der Waals surface area contributed by atoms with E-state index in [0.717, 1.165) is 17.0 Å². The Morgan fingerprint density at radius 3 is 2.41 bits per heavy atom. The van der Waals surface area contributed by atoms with Gasteiger partial charge in [-0.1, -0.05) is 17.7 Å². The van der Waals surface area contributed by atoms with Crippen molar-refractivity contribution in [2.24, 2.45) is 0 Å². The first-order chi connectivity index (χ1) is 15.2. The Morgan fingerprint density at radius 2 is 1.75 bits per heavy atom. The summed E-state index contributed by atoms with van der Waals surface area (Å²) in [5.41, 5.74) is 3.41. The maximum absolute atomic E-state index is 12.5. The average Bonchev–Trinajstić information content (AvgIpc) is 3.02. The molecule has 32 heavy (non-hydrogen) atoms. The summed E-state index contributed by atoms with van der Waals surface area (Å²) in [7, 11) is -3.76. The van der Waals surface area contributed by atoms with Gasteiger partial charge in [-0.15, -0.1) is 0 Å². The molecule has 2 aromatic carbocycles. The van der Waals surface area contributed by atoms with E-state index in [1.54, 1.807) is 47.1 Å². The maximum Gasteiger partial charge on any atom is 0.261 e. The van der Waals surface area contributed by atoms with E-state index >= 15 is 0 Å². The fourth-order valence-corrected chi connectivity index (χ4v) is 4.36. The summed E-state index contributed by atoms with van der Waals surface area (Å²) < 4.78 is 35.1. The monoisotopic (exact) mass is 469 g/mol. The molecule has 8 nitrogen and oxygen atoms in total. The molecule has 2 aromatic heterocycles. The minimum absolute atomic E-state index is 0.0817. The molecule has 0 aliphatic carbocycles. The normalized spacial score (nSPS) is 11.4. The van der Waals surface area contributed by atoms with Crippen LogP contribution in [-0.2, 0) is 10.0 Å². The first-order valence-corrected chi connectivity index (χ1v) is 11.5. The van der Waals surface area contributed by atoms with E-state index in [-0.39, 0.29) is 4.90 Å². The van der Waals surface area contributed by atoms with Crippen LogP contribution in [0.3, 0.4) is 0 Å². The van der Waals surface area contributed by atoms with Crippen molar-refractivity contribution in [1.29, 1.82) is 0 Å². The lowest BCUT2D eigenvalue weighted by Crippen LogP contribution is -2.12. The second-order valence-corrected chi connectivity index (χ2v) is 9.23. The van der Waals surface area contributed by atoms with Gasteiger partial charge in [0.25, 0.3) is 10.0 Å². The molecule has 0 spiro atoms. The highest BCUT2D eigenvalue weighted by Crippen LogP contribution is 2.25. The van der Waals surface area contributed by atoms with Crippen molar-refractivity contribution in [1.82, 2.24) is 19.7 Å². The van der Waals surface area contributed by atoms with E-state index in [0.29, 0.717) is 28.2 Å². The van der Waals surface area contributed by atoms with Gasteiger partial charge in [-0.25, -0.2) is 23.1 Å². The summed E-state index contributed by atoms with van der Waals surface area (Å²) >= 11 is 5.89.